The Kier molecular flexibility index (Phi) is 2.62. The van der Waals surface area contributed by atoms with E-state index in [1.807, 2.05) is 18.2 Å². The molecule has 1 aromatic heterocycles. The number of carbonyl (C=O) groups is 1. The van der Waals surface area contributed by atoms with Gasteiger partial charge < -0.3 is 4.98 Å². The standard InChI is InChI=1S/C14H15NO2/c1-14(2,3)11-6-4-5-9-7-10(8-16)13(17)15-12(9)11/h4-8H,1-3H3,(H,15,17). The lowest BCUT2D eigenvalue weighted by molar-refractivity contribution is 0.112. The molecule has 3 nitrogen and oxygen atoms in total. The van der Waals surface area contributed by atoms with Crippen molar-refractivity contribution in [3.63, 3.8) is 0 Å². The van der Waals surface area contributed by atoms with Gasteiger partial charge in [0.15, 0.2) is 6.29 Å². The highest BCUT2D eigenvalue weighted by atomic mass is 16.1. The van der Waals surface area contributed by atoms with Crippen LogP contribution in [0.2, 0.25) is 0 Å². The molecule has 1 aromatic carbocycles. The van der Waals surface area contributed by atoms with E-state index in [0.717, 1.165) is 16.5 Å². The number of nitrogens with one attached hydrogen (secondary N) is 1. The summed E-state index contributed by atoms with van der Waals surface area (Å²) in [5.41, 5.74) is 1.68. The van der Waals surface area contributed by atoms with Gasteiger partial charge in [0.1, 0.15) is 0 Å². The molecule has 88 valence electrons. The van der Waals surface area contributed by atoms with Crippen LogP contribution in [0.1, 0.15) is 36.7 Å². The van der Waals surface area contributed by atoms with Crippen molar-refractivity contribution >= 4 is 17.2 Å². The fraction of sp³-hybridized carbons (Fsp3) is 0.286. The van der Waals surface area contributed by atoms with E-state index in [0.29, 0.717) is 6.29 Å². The van der Waals surface area contributed by atoms with Crippen LogP contribution in [0.25, 0.3) is 10.9 Å². The first-order valence-electron chi connectivity index (χ1n) is 5.55. The predicted octanol–water partition coefficient (Wildman–Crippen LogP) is 2.64. The van der Waals surface area contributed by atoms with Crippen LogP contribution in [0.3, 0.4) is 0 Å². The van der Waals surface area contributed by atoms with Crippen molar-refractivity contribution in [1.82, 2.24) is 4.98 Å². The summed E-state index contributed by atoms with van der Waals surface area (Å²) in [6, 6.07) is 7.47. The Bertz CT molecular complexity index is 633. The minimum Gasteiger partial charge on any atom is -0.321 e. The van der Waals surface area contributed by atoms with Gasteiger partial charge in [0.05, 0.1) is 11.1 Å². The van der Waals surface area contributed by atoms with Crippen LogP contribution in [0, 0.1) is 0 Å². The maximum atomic E-state index is 11.7. The number of hydrogen-bond acceptors (Lipinski definition) is 2. The van der Waals surface area contributed by atoms with Crippen molar-refractivity contribution in [2.24, 2.45) is 0 Å². The molecular formula is C14H15NO2. The summed E-state index contributed by atoms with van der Waals surface area (Å²) in [4.78, 5) is 25.2. The van der Waals surface area contributed by atoms with Gasteiger partial charge in [-0.05, 0) is 22.4 Å². The minimum absolute atomic E-state index is 0.0505. The zero-order valence-corrected chi connectivity index (χ0v) is 10.2. The Labute approximate surface area is 99.5 Å². The average molecular weight is 229 g/mol. The molecule has 0 saturated heterocycles. The molecule has 0 bridgehead atoms. The molecule has 17 heavy (non-hydrogen) atoms. The Hall–Kier alpha value is -1.90. The maximum Gasteiger partial charge on any atom is 0.259 e. The molecule has 0 aliphatic heterocycles. The van der Waals surface area contributed by atoms with Gasteiger partial charge in [-0.1, -0.05) is 39.0 Å². The summed E-state index contributed by atoms with van der Waals surface area (Å²) >= 11 is 0. The van der Waals surface area contributed by atoms with Gasteiger partial charge >= 0.3 is 0 Å². The number of rotatable bonds is 1. The Morgan fingerprint density at radius 2 is 1.94 bits per heavy atom. The average Bonchev–Trinajstić information content (AvgIpc) is 2.26. The first-order chi connectivity index (χ1) is 7.93. The second kappa shape index (κ2) is 3.84. The Morgan fingerprint density at radius 3 is 2.53 bits per heavy atom. The zero-order valence-electron chi connectivity index (χ0n) is 10.2. The van der Waals surface area contributed by atoms with Crippen LogP contribution < -0.4 is 5.56 Å². The van der Waals surface area contributed by atoms with Crippen LogP contribution >= 0.6 is 0 Å². The summed E-state index contributed by atoms with van der Waals surface area (Å²) < 4.78 is 0. The van der Waals surface area contributed by atoms with Crippen molar-refractivity contribution in [2.45, 2.75) is 26.2 Å². The predicted molar refractivity (Wildman–Crippen MR) is 68.7 cm³/mol. The number of benzene rings is 1. The number of carbonyl (C=O) groups excluding carboxylic acids is 1. The molecular weight excluding hydrogens is 214 g/mol. The summed E-state index contributed by atoms with van der Waals surface area (Å²) in [7, 11) is 0. The Balaban J connectivity index is 2.87. The van der Waals surface area contributed by atoms with E-state index in [1.165, 1.54) is 0 Å². The van der Waals surface area contributed by atoms with Gasteiger partial charge in [-0.3, -0.25) is 9.59 Å². The number of pyridine rings is 1. The quantitative estimate of drug-likeness (QED) is 0.764. The van der Waals surface area contributed by atoms with E-state index in [4.69, 9.17) is 0 Å². The van der Waals surface area contributed by atoms with Crippen molar-refractivity contribution in [3.8, 4) is 0 Å². The monoisotopic (exact) mass is 229 g/mol. The Morgan fingerprint density at radius 1 is 1.24 bits per heavy atom. The molecule has 0 aliphatic carbocycles. The molecule has 0 unspecified atom stereocenters. The van der Waals surface area contributed by atoms with Crippen molar-refractivity contribution < 1.29 is 4.79 Å². The van der Waals surface area contributed by atoms with Gasteiger partial charge in [0.25, 0.3) is 5.56 Å². The van der Waals surface area contributed by atoms with E-state index in [2.05, 4.69) is 25.8 Å². The van der Waals surface area contributed by atoms with Crippen LogP contribution in [0.5, 0.6) is 0 Å². The SMILES string of the molecule is CC(C)(C)c1cccc2cc(C=O)c(=O)[nH]c12. The van der Waals surface area contributed by atoms with E-state index in [-0.39, 0.29) is 16.5 Å². The third-order valence-electron chi connectivity index (χ3n) is 2.84. The molecule has 0 spiro atoms. The summed E-state index contributed by atoms with van der Waals surface area (Å²) in [6.45, 7) is 6.27. The molecule has 0 saturated carbocycles. The van der Waals surface area contributed by atoms with E-state index < -0.39 is 0 Å². The van der Waals surface area contributed by atoms with Gasteiger partial charge in [0.2, 0.25) is 0 Å². The van der Waals surface area contributed by atoms with E-state index in [9.17, 15) is 9.59 Å². The fourth-order valence-corrected chi connectivity index (χ4v) is 1.96. The molecule has 1 N–H and O–H groups in total. The smallest absolute Gasteiger partial charge is 0.259 e. The largest absolute Gasteiger partial charge is 0.321 e. The lowest BCUT2D eigenvalue weighted by Crippen LogP contribution is -2.17. The molecule has 1 heterocycles. The lowest BCUT2D eigenvalue weighted by Gasteiger charge is -2.20. The normalized spacial score (nSPS) is 11.7. The highest BCUT2D eigenvalue weighted by Gasteiger charge is 2.17. The molecule has 0 aliphatic rings. The second-order valence-electron chi connectivity index (χ2n) is 5.19. The number of aromatic amines is 1. The third kappa shape index (κ3) is 2.00. The van der Waals surface area contributed by atoms with Crippen LogP contribution in [0.15, 0.2) is 29.1 Å². The lowest BCUT2D eigenvalue weighted by atomic mass is 9.85. The minimum atomic E-state index is -0.329. The molecule has 0 amide bonds. The fourth-order valence-electron chi connectivity index (χ4n) is 1.96. The molecule has 0 fully saturated rings. The van der Waals surface area contributed by atoms with Crippen LogP contribution in [-0.2, 0) is 5.41 Å². The van der Waals surface area contributed by atoms with Crippen molar-refractivity contribution in [2.75, 3.05) is 0 Å². The van der Waals surface area contributed by atoms with E-state index >= 15 is 0 Å². The highest BCUT2D eigenvalue weighted by molar-refractivity contribution is 5.88. The van der Waals surface area contributed by atoms with Crippen LogP contribution in [0.4, 0.5) is 0 Å². The summed E-state index contributed by atoms with van der Waals surface area (Å²) in [5.74, 6) is 0. The van der Waals surface area contributed by atoms with Gasteiger partial charge in [-0.15, -0.1) is 0 Å². The number of hydrogen-bond donors (Lipinski definition) is 1. The van der Waals surface area contributed by atoms with Crippen LogP contribution in [-0.4, -0.2) is 11.3 Å². The first-order valence-corrected chi connectivity index (χ1v) is 5.55. The maximum absolute atomic E-state index is 11.7. The van der Waals surface area contributed by atoms with Gasteiger partial charge in [-0.25, -0.2) is 0 Å². The zero-order chi connectivity index (χ0) is 12.6. The summed E-state index contributed by atoms with van der Waals surface area (Å²) in [6.07, 6.45) is 0.585. The number of H-pyrrole nitrogens is 1. The molecule has 0 radical (unpaired) electrons. The number of fused-ring (bicyclic) bond motifs is 1. The highest BCUT2D eigenvalue weighted by Crippen LogP contribution is 2.27. The van der Waals surface area contributed by atoms with Crippen molar-refractivity contribution in [1.29, 1.82) is 0 Å². The number of aldehydes is 1. The molecule has 2 aromatic rings. The van der Waals surface area contributed by atoms with Crippen molar-refractivity contribution in [3.05, 3.63) is 45.7 Å². The summed E-state index contributed by atoms with van der Waals surface area (Å²) in [5, 5.41) is 0.888. The van der Waals surface area contributed by atoms with E-state index in [1.54, 1.807) is 6.07 Å². The number of para-hydroxylation sites is 1. The topological polar surface area (TPSA) is 49.9 Å². The molecule has 2 rings (SSSR count). The third-order valence-corrected chi connectivity index (χ3v) is 2.84. The van der Waals surface area contributed by atoms with Gasteiger partial charge in [0, 0.05) is 0 Å². The molecule has 3 heteroatoms. The second-order valence-corrected chi connectivity index (χ2v) is 5.19. The first kappa shape index (κ1) is 11.6. The van der Waals surface area contributed by atoms with Gasteiger partial charge in [-0.2, -0.15) is 0 Å². The number of aromatic nitrogens is 1. The molecule has 0 atom stereocenters.